The monoisotopic (exact) mass is 435 g/mol. The minimum Gasteiger partial charge on any atom is -0.452 e. The Hall–Kier alpha value is -3.54. The van der Waals surface area contributed by atoms with Gasteiger partial charge in [0, 0.05) is 30.6 Å². The van der Waals surface area contributed by atoms with Gasteiger partial charge < -0.3 is 13.9 Å². The quantitative estimate of drug-likeness (QED) is 0.329. The number of hydrogen-bond acceptors (Lipinski definition) is 8. The number of benzene rings is 1. The van der Waals surface area contributed by atoms with Gasteiger partial charge in [-0.2, -0.15) is 0 Å². The summed E-state index contributed by atoms with van der Waals surface area (Å²) in [4.78, 5) is 51.6. The molecule has 1 fully saturated rings. The largest absolute Gasteiger partial charge is 0.452 e. The molecule has 0 amide bonds. The van der Waals surface area contributed by atoms with Crippen LogP contribution in [0.3, 0.4) is 0 Å². The number of rotatable bonds is 6. The standard InChI is InChI=1S/C24H21NO7/c26-19(7-8-21(27)31-12-4-3-9-25-10-13-30-14-11-25)20-15-18-22(28)16-5-1-2-6-17(16)23(29)24(18)32-20/h1-2,5-6,15H,7-14H2. The minimum absolute atomic E-state index is 0.0479. The summed E-state index contributed by atoms with van der Waals surface area (Å²) in [6, 6.07) is 7.70. The number of hydrogen-bond donors (Lipinski definition) is 0. The van der Waals surface area contributed by atoms with E-state index >= 15 is 0 Å². The zero-order valence-electron chi connectivity index (χ0n) is 17.3. The Labute approximate surface area is 184 Å². The van der Waals surface area contributed by atoms with E-state index in [0.717, 1.165) is 13.1 Å². The number of nitrogens with zero attached hydrogens (tertiary/aromatic N) is 1. The molecule has 1 aliphatic carbocycles. The normalized spacial score (nSPS) is 15.4. The molecule has 0 unspecified atom stereocenters. The first-order valence-corrected chi connectivity index (χ1v) is 10.3. The first-order chi connectivity index (χ1) is 15.5. The van der Waals surface area contributed by atoms with Gasteiger partial charge in [-0.25, -0.2) is 0 Å². The van der Waals surface area contributed by atoms with E-state index in [9.17, 15) is 19.2 Å². The lowest BCUT2D eigenvalue weighted by Gasteiger charge is -2.24. The van der Waals surface area contributed by atoms with Gasteiger partial charge in [-0.3, -0.25) is 24.1 Å². The van der Waals surface area contributed by atoms with Gasteiger partial charge in [-0.15, -0.1) is 0 Å². The Kier molecular flexibility index (Phi) is 6.59. The molecule has 2 aliphatic rings. The van der Waals surface area contributed by atoms with Gasteiger partial charge in [0.1, 0.15) is 0 Å². The predicted molar refractivity (Wildman–Crippen MR) is 112 cm³/mol. The van der Waals surface area contributed by atoms with Gasteiger partial charge in [-0.1, -0.05) is 36.1 Å². The van der Waals surface area contributed by atoms with Gasteiger partial charge in [-0.05, 0) is 6.07 Å². The van der Waals surface area contributed by atoms with Crippen LogP contribution in [0.1, 0.15) is 55.4 Å². The number of carbonyl (C=O) groups is 4. The molecule has 2 aromatic rings. The Morgan fingerprint density at radius 2 is 1.69 bits per heavy atom. The van der Waals surface area contributed by atoms with E-state index in [-0.39, 0.29) is 53.4 Å². The summed E-state index contributed by atoms with van der Waals surface area (Å²) in [7, 11) is 0. The van der Waals surface area contributed by atoms with Crippen LogP contribution >= 0.6 is 0 Å². The average molecular weight is 435 g/mol. The maximum atomic E-state index is 12.6. The molecule has 0 N–H and O–H groups in total. The molecule has 164 valence electrons. The molecule has 32 heavy (non-hydrogen) atoms. The van der Waals surface area contributed by atoms with E-state index in [0.29, 0.717) is 19.8 Å². The van der Waals surface area contributed by atoms with Crippen LogP contribution in [0.5, 0.6) is 0 Å². The number of furan rings is 1. The van der Waals surface area contributed by atoms with Crippen LogP contribution in [0.25, 0.3) is 0 Å². The number of fused-ring (bicyclic) bond motifs is 2. The van der Waals surface area contributed by atoms with Crippen molar-refractivity contribution in [1.82, 2.24) is 4.90 Å². The third kappa shape index (κ3) is 4.69. The summed E-state index contributed by atoms with van der Waals surface area (Å²) < 4.78 is 15.7. The van der Waals surface area contributed by atoms with Crippen LogP contribution in [0.4, 0.5) is 0 Å². The van der Waals surface area contributed by atoms with E-state index in [1.165, 1.54) is 6.07 Å². The number of ether oxygens (including phenoxy) is 2. The van der Waals surface area contributed by atoms with Crippen molar-refractivity contribution in [3.8, 4) is 11.8 Å². The van der Waals surface area contributed by atoms with Gasteiger partial charge in [0.05, 0.1) is 31.7 Å². The van der Waals surface area contributed by atoms with E-state index in [1.54, 1.807) is 24.3 Å². The molecular formula is C24H21NO7. The minimum atomic E-state index is -0.560. The van der Waals surface area contributed by atoms with Crippen LogP contribution < -0.4 is 0 Å². The second-order valence-corrected chi connectivity index (χ2v) is 7.38. The van der Waals surface area contributed by atoms with Crippen LogP contribution in [-0.4, -0.2) is 67.7 Å². The van der Waals surface area contributed by atoms with Gasteiger partial charge in [0.25, 0.3) is 0 Å². The molecule has 1 saturated heterocycles. The Balaban J connectivity index is 1.27. The van der Waals surface area contributed by atoms with Crippen molar-refractivity contribution >= 4 is 23.3 Å². The molecular weight excluding hydrogens is 414 g/mol. The van der Waals surface area contributed by atoms with Crippen LogP contribution in [0, 0.1) is 11.8 Å². The summed E-state index contributed by atoms with van der Waals surface area (Å²) in [6.07, 6.45) is -0.320. The maximum absolute atomic E-state index is 12.6. The Bertz CT molecular complexity index is 1080. The molecule has 1 aromatic heterocycles. The number of morpholine rings is 1. The third-order valence-corrected chi connectivity index (χ3v) is 5.27. The average Bonchev–Trinajstić information content (AvgIpc) is 3.28. The SMILES string of the molecule is O=C(CCC(=O)c1cc2c(o1)C(=O)c1ccccc1C2=O)OCC#CCN1CCOCC1. The summed E-state index contributed by atoms with van der Waals surface area (Å²) in [6.45, 7) is 3.58. The van der Waals surface area contributed by atoms with Crippen molar-refractivity contribution in [3.63, 3.8) is 0 Å². The fourth-order valence-electron chi connectivity index (χ4n) is 3.52. The number of esters is 1. The van der Waals surface area contributed by atoms with Crippen molar-refractivity contribution in [2.24, 2.45) is 0 Å². The zero-order valence-corrected chi connectivity index (χ0v) is 17.3. The molecule has 4 rings (SSSR count). The molecule has 2 heterocycles. The molecule has 0 radical (unpaired) electrons. The van der Waals surface area contributed by atoms with E-state index in [2.05, 4.69) is 16.7 Å². The van der Waals surface area contributed by atoms with E-state index in [4.69, 9.17) is 13.9 Å². The van der Waals surface area contributed by atoms with Gasteiger partial charge >= 0.3 is 5.97 Å². The summed E-state index contributed by atoms with van der Waals surface area (Å²) in [5.41, 5.74) is 0.593. The Morgan fingerprint density at radius 3 is 2.44 bits per heavy atom. The summed E-state index contributed by atoms with van der Waals surface area (Å²) in [5.74, 6) is 3.60. The molecule has 0 atom stereocenters. The highest BCUT2D eigenvalue weighted by atomic mass is 16.5. The zero-order chi connectivity index (χ0) is 22.5. The first kappa shape index (κ1) is 21.7. The van der Waals surface area contributed by atoms with Crippen molar-refractivity contribution in [2.75, 3.05) is 39.5 Å². The highest BCUT2D eigenvalue weighted by Gasteiger charge is 2.34. The summed E-state index contributed by atoms with van der Waals surface area (Å²) in [5, 5.41) is 0. The van der Waals surface area contributed by atoms with Crippen molar-refractivity contribution in [1.29, 1.82) is 0 Å². The molecule has 8 heteroatoms. The second kappa shape index (κ2) is 9.73. The van der Waals surface area contributed by atoms with E-state index in [1.807, 2.05) is 0 Å². The molecule has 1 aliphatic heterocycles. The molecule has 1 aromatic carbocycles. The van der Waals surface area contributed by atoms with Crippen molar-refractivity contribution in [3.05, 3.63) is 58.5 Å². The van der Waals surface area contributed by atoms with E-state index < -0.39 is 17.5 Å². The first-order valence-electron chi connectivity index (χ1n) is 10.3. The predicted octanol–water partition coefficient (Wildman–Crippen LogP) is 1.90. The fourth-order valence-corrected chi connectivity index (χ4v) is 3.52. The van der Waals surface area contributed by atoms with Crippen molar-refractivity contribution in [2.45, 2.75) is 12.8 Å². The maximum Gasteiger partial charge on any atom is 0.307 e. The highest BCUT2D eigenvalue weighted by molar-refractivity contribution is 6.27. The van der Waals surface area contributed by atoms with Crippen LogP contribution in [0.2, 0.25) is 0 Å². The molecule has 0 spiro atoms. The lowest BCUT2D eigenvalue weighted by molar-refractivity contribution is -0.142. The van der Waals surface area contributed by atoms with Crippen molar-refractivity contribution < 1.29 is 33.1 Å². The highest BCUT2D eigenvalue weighted by Crippen LogP contribution is 2.30. The lowest BCUT2D eigenvalue weighted by atomic mass is 9.88. The third-order valence-electron chi connectivity index (χ3n) is 5.27. The smallest absolute Gasteiger partial charge is 0.307 e. The number of carbonyl (C=O) groups excluding carboxylic acids is 4. The van der Waals surface area contributed by atoms with Gasteiger partial charge in [0.2, 0.25) is 5.78 Å². The topological polar surface area (TPSA) is 103 Å². The lowest BCUT2D eigenvalue weighted by Crippen LogP contribution is -2.36. The van der Waals surface area contributed by atoms with Crippen LogP contribution in [0.15, 0.2) is 34.7 Å². The summed E-state index contributed by atoms with van der Waals surface area (Å²) >= 11 is 0. The molecule has 0 saturated carbocycles. The molecule has 0 bridgehead atoms. The van der Waals surface area contributed by atoms with Gasteiger partial charge in [0.15, 0.2) is 29.7 Å². The number of Topliss-reactive ketones (excluding diaryl/α,β-unsaturated/α-hetero) is 1. The fraction of sp³-hybridized carbons (Fsp3) is 0.333. The van der Waals surface area contributed by atoms with Crippen LogP contribution in [-0.2, 0) is 14.3 Å². The number of ketones is 3. The Morgan fingerprint density at radius 1 is 0.969 bits per heavy atom. The second-order valence-electron chi connectivity index (χ2n) is 7.38. The molecule has 8 nitrogen and oxygen atoms in total.